The van der Waals surface area contributed by atoms with Crippen LogP contribution in [0.4, 0.5) is 5.69 Å². The molecule has 0 bridgehead atoms. The number of aromatic nitrogens is 1. The molecule has 0 aliphatic heterocycles. The highest BCUT2D eigenvalue weighted by atomic mass is 15.0. The van der Waals surface area contributed by atoms with Crippen LogP contribution in [0, 0.1) is 18.3 Å². The number of anilines is 1. The van der Waals surface area contributed by atoms with Gasteiger partial charge in [0.05, 0.1) is 5.69 Å². The molecule has 0 aliphatic rings. The van der Waals surface area contributed by atoms with Crippen molar-refractivity contribution in [3.8, 4) is 6.07 Å². The number of aryl methyl sites for hydroxylation is 1. The van der Waals surface area contributed by atoms with E-state index in [-0.39, 0.29) is 6.04 Å². The van der Waals surface area contributed by atoms with E-state index in [9.17, 15) is 5.26 Å². The normalized spacial score (nSPS) is 12.1. The molecule has 0 saturated heterocycles. The lowest BCUT2D eigenvalue weighted by Gasteiger charge is -2.17. The highest BCUT2D eigenvalue weighted by Crippen LogP contribution is 2.27. The first kappa shape index (κ1) is 14.2. The van der Waals surface area contributed by atoms with Crippen LogP contribution in [0.15, 0.2) is 30.3 Å². The van der Waals surface area contributed by atoms with Gasteiger partial charge < -0.3 is 10.3 Å². The molecule has 1 heterocycles. The van der Waals surface area contributed by atoms with Gasteiger partial charge in [-0.2, -0.15) is 5.26 Å². The van der Waals surface area contributed by atoms with Crippen molar-refractivity contribution in [3.05, 3.63) is 52.8 Å². The maximum atomic E-state index is 9.28. The Labute approximate surface area is 120 Å². The highest BCUT2D eigenvalue weighted by Gasteiger charge is 2.17. The molecule has 104 valence electrons. The third kappa shape index (κ3) is 2.70. The fourth-order valence-corrected chi connectivity index (χ4v) is 2.56. The first-order valence-electron chi connectivity index (χ1n) is 7.02. The van der Waals surface area contributed by atoms with E-state index in [1.54, 1.807) is 6.07 Å². The number of nitrogens with zero attached hydrogens (tertiary/aromatic N) is 2. The number of nitriles is 1. The van der Waals surface area contributed by atoms with E-state index in [2.05, 4.69) is 55.7 Å². The molecule has 2 rings (SSSR count). The first-order chi connectivity index (χ1) is 9.56. The Morgan fingerprint density at radius 3 is 2.70 bits per heavy atom. The molecule has 1 atom stereocenters. The minimum absolute atomic E-state index is 0.279. The Morgan fingerprint density at radius 2 is 2.10 bits per heavy atom. The van der Waals surface area contributed by atoms with Crippen LogP contribution in [0.1, 0.15) is 48.8 Å². The van der Waals surface area contributed by atoms with Crippen molar-refractivity contribution in [1.82, 2.24) is 4.57 Å². The van der Waals surface area contributed by atoms with Gasteiger partial charge in [-0.25, -0.2) is 0 Å². The van der Waals surface area contributed by atoms with Gasteiger partial charge in [0.2, 0.25) is 0 Å². The Bertz CT molecular complexity index is 647. The van der Waals surface area contributed by atoms with Crippen LogP contribution in [-0.4, -0.2) is 4.57 Å². The largest absolute Gasteiger partial charge is 0.397 e. The van der Waals surface area contributed by atoms with E-state index >= 15 is 0 Å². The monoisotopic (exact) mass is 267 g/mol. The van der Waals surface area contributed by atoms with Crippen LogP contribution in [0.5, 0.6) is 0 Å². The molecule has 20 heavy (non-hydrogen) atoms. The standard InChI is InChI=1S/C17H21N3/c1-4-13(3)20-15(11-18)10-16(19)17(20)9-14-7-5-6-12(2)8-14/h5-8,10,13H,4,9,19H2,1-3H3. The minimum atomic E-state index is 0.279. The molecule has 0 spiro atoms. The summed E-state index contributed by atoms with van der Waals surface area (Å²) in [6.07, 6.45) is 1.74. The first-order valence-corrected chi connectivity index (χ1v) is 7.02. The Morgan fingerprint density at radius 1 is 1.35 bits per heavy atom. The van der Waals surface area contributed by atoms with E-state index in [0.29, 0.717) is 11.4 Å². The fraction of sp³-hybridized carbons (Fsp3) is 0.353. The molecule has 3 heteroatoms. The van der Waals surface area contributed by atoms with Crippen molar-refractivity contribution in [2.45, 2.75) is 39.7 Å². The third-order valence-corrected chi connectivity index (χ3v) is 3.78. The fourth-order valence-electron chi connectivity index (χ4n) is 2.56. The second-order valence-corrected chi connectivity index (χ2v) is 5.34. The summed E-state index contributed by atoms with van der Waals surface area (Å²) in [4.78, 5) is 0. The summed E-state index contributed by atoms with van der Waals surface area (Å²) < 4.78 is 2.08. The summed E-state index contributed by atoms with van der Waals surface area (Å²) in [6.45, 7) is 6.33. The van der Waals surface area contributed by atoms with E-state index in [1.165, 1.54) is 11.1 Å². The van der Waals surface area contributed by atoms with Crippen molar-refractivity contribution in [1.29, 1.82) is 5.26 Å². The van der Waals surface area contributed by atoms with Gasteiger partial charge in [0.25, 0.3) is 0 Å². The predicted molar refractivity (Wildman–Crippen MR) is 82.5 cm³/mol. The Kier molecular flexibility index (Phi) is 4.14. The summed E-state index contributed by atoms with van der Waals surface area (Å²) in [5.74, 6) is 0. The molecule has 0 amide bonds. The number of hydrogen-bond acceptors (Lipinski definition) is 2. The van der Waals surface area contributed by atoms with Crippen molar-refractivity contribution < 1.29 is 0 Å². The average Bonchev–Trinajstić information content (AvgIpc) is 2.74. The average molecular weight is 267 g/mol. The summed E-state index contributed by atoms with van der Waals surface area (Å²) in [5, 5.41) is 9.28. The van der Waals surface area contributed by atoms with Crippen molar-refractivity contribution >= 4 is 5.69 Å². The van der Waals surface area contributed by atoms with Crippen LogP contribution in [0.2, 0.25) is 0 Å². The maximum absolute atomic E-state index is 9.28. The molecular weight excluding hydrogens is 246 g/mol. The second-order valence-electron chi connectivity index (χ2n) is 5.34. The number of benzene rings is 1. The zero-order valence-corrected chi connectivity index (χ0v) is 12.4. The zero-order chi connectivity index (χ0) is 14.7. The van der Waals surface area contributed by atoms with E-state index in [4.69, 9.17) is 5.73 Å². The second kappa shape index (κ2) is 5.83. The summed E-state index contributed by atoms with van der Waals surface area (Å²) in [7, 11) is 0. The topological polar surface area (TPSA) is 54.7 Å². The van der Waals surface area contributed by atoms with E-state index in [1.807, 2.05) is 0 Å². The number of nitrogens with two attached hydrogens (primary N) is 1. The molecule has 2 N–H and O–H groups in total. The van der Waals surface area contributed by atoms with Crippen molar-refractivity contribution in [2.75, 3.05) is 5.73 Å². The quantitative estimate of drug-likeness (QED) is 0.915. The molecule has 2 aromatic rings. The van der Waals surface area contributed by atoms with Gasteiger partial charge in [0.15, 0.2) is 0 Å². The van der Waals surface area contributed by atoms with Crippen LogP contribution in [-0.2, 0) is 6.42 Å². The van der Waals surface area contributed by atoms with Crippen LogP contribution >= 0.6 is 0 Å². The lowest BCUT2D eigenvalue weighted by molar-refractivity contribution is 0.514. The molecule has 0 fully saturated rings. The SMILES string of the molecule is CCC(C)n1c(C#N)cc(N)c1Cc1cccc(C)c1. The van der Waals surface area contributed by atoms with Crippen LogP contribution < -0.4 is 5.73 Å². The number of hydrogen-bond donors (Lipinski definition) is 1. The number of rotatable bonds is 4. The number of nitrogen functional groups attached to an aromatic ring is 1. The van der Waals surface area contributed by atoms with Crippen LogP contribution in [0.25, 0.3) is 0 Å². The van der Waals surface area contributed by atoms with E-state index < -0.39 is 0 Å². The highest BCUT2D eigenvalue weighted by molar-refractivity contribution is 5.52. The molecular formula is C17H21N3. The minimum Gasteiger partial charge on any atom is -0.397 e. The molecule has 0 aliphatic carbocycles. The summed E-state index contributed by atoms with van der Waals surface area (Å²) in [5.41, 5.74) is 11.0. The molecule has 1 unspecified atom stereocenters. The van der Waals surface area contributed by atoms with E-state index in [0.717, 1.165) is 18.5 Å². The maximum Gasteiger partial charge on any atom is 0.122 e. The van der Waals surface area contributed by atoms with Crippen LogP contribution in [0.3, 0.4) is 0 Å². The van der Waals surface area contributed by atoms with Gasteiger partial charge in [-0.3, -0.25) is 0 Å². The third-order valence-electron chi connectivity index (χ3n) is 3.78. The summed E-state index contributed by atoms with van der Waals surface area (Å²) >= 11 is 0. The smallest absolute Gasteiger partial charge is 0.122 e. The van der Waals surface area contributed by atoms with Gasteiger partial charge in [-0.05, 0) is 31.9 Å². The molecule has 0 radical (unpaired) electrons. The lowest BCUT2D eigenvalue weighted by atomic mass is 10.1. The molecule has 3 nitrogen and oxygen atoms in total. The van der Waals surface area contributed by atoms with Gasteiger partial charge in [-0.1, -0.05) is 36.8 Å². The van der Waals surface area contributed by atoms with Gasteiger partial charge >= 0.3 is 0 Å². The van der Waals surface area contributed by atoms with Gasteiger partial charge in [0, 0.05) is 18.2 Å². The molecule has 0 saturated carbocycles. The van der Waals surface area contributed by atoms with Crippen molar-refractivity contribution in [2.24, 2.45) is 0 Å². The Hall–Kier alpha value is -2.21. The molecule has 1 aromatic heterocycles. The molecule has 1 aromatic carbocycles. The van der Waals surface area contributed by atoms with Gasteiger partial charge in [-0.15, -0.1) is 0 Å². The zero-order valence-electron chi connectivity index (χ0n) is 12.4. The lowest BCUT2D eigenvalue weighted by Crippen LogP contribution is -2.11. The Balaban J connectivity index is 2.46. The predicted octanol–water partition coefficient (Wildman–Crippen LogP) is 3.81. The van der Waals surface area contributed by atoms with Crippen molar-refractivity contribution in [3.63, 3.8) is 0 Å². The van der Waals surface area contributed by atoms with Gasteiger partial charge in [0.1, 0.15) is 11.8 Å². The summed E-state index contributed by atoms with van der Waals surface area (Å²) in [6, 6.07) is 12.7.